The lowest BCUT2D eigenvalue weighted by Gasteiger charge is -2.38. The van der Waals surface area contributed by atoms with E-state index in [1.165, 1.54) is 6.42 Å². The fraction of sp³-hybridized carbons (Fsp3) is 0.250. The number of likely N-dealkylation sites (tertiary alicyclic amines) is 1. The van der Waals surface area contributed by atoms with Crippen molar-refractivity contribution in [3.05, 3.63) is 88.9 Å². The molecular formula is C28H27ClN2O3. The molecular weight excluding hydrogens is 448 g/mol. The highest BCUT2D eigenvalue weighted by atomic mass is 35.5. The fourth-order valence-corrected chi connectivity index (χ4v) is 4.58. The summed E-state index contributed by atoms with van der Waals surface area (Å²) in [6.45, 7) is 5.32. The average molecular weight is 475 g/mol. The first-order valence-electron chi connectivity index (χ1n) is 11.6. The Balaban J connectivity index is 1.40. The quantitative estimate of drug-likeness (QED) is 0.319. The van der Waals surface area contributed by atoms with Crippen LogP contribution in [0, 0.1) is 0 Å². The van der Waals surface area contributed by atoms with E-state index in [-0.39, 0.29) is 11.9 Å². The molecule has 34 heavy (non-hydrogen) atoms. The van der Waals surface area contributed by atoms with Crippen molar-refractivity contribution in [2.75, 3.05) is 19.6 Å². The van der Waals surface area contributed by atoms with Gasteiger partial charge in [-0.15, -0.1) is 0 Å². The van der Waals surface area contributed by atoms with Crippen LogP contribution in [0.15, 0.2) is 77.3 Å². The van der Waals surface area contributed by atoms with Gasteiger partial charge in [-0.3, -0.25) is 4.90 Å². The summed E-state index contributed by atoms with van der Waals surface area (Å²) in [7, 11) is 0. The van der Waals surface area contributed by atoms with Gasteiger partial charge < -0.3 is 14.4 Å². The maximum Gasteiger partial charge on any atom is 0.171 e. The SMILES string of the molecule is CCCN1CC(Oc2ccc(Cc3c(-c4ccccc4Cl)noc3-c3ccc(O)cc3)cc2)C1. The lowest BCUT2D eigenvalue weighted by molar-refractivity contribution is 0.0202. The van der Waals surface area contributed by atoms with E-state index in [4.69, 9.17) is 20.9 Å². The molecule has 1 aliphatic rings. The Hall–Kier alpha value is -3.28. The number of phenols is 1. The number of ether oxygens (including phenoxy) is 1. The Morgan fingerprint density at radius 3 is 2.47 bits per heavy atom. The zero-order valence-electron chi connectivity index (χ0n) is 19.1. The zero-order chi connectivity index (χ0) is 23.5. The molecule has 3 aromatic carbocycles. The van der Waals surface area contributed by atoms with Gasteiger partial charge in [0.1, 0.15) is 23.3 Å². The standard InChI is InChI=1S/C28H27ClN2O3/c1-2-15-31-17-23(18-31)33-22-13-7-19(8-14-22)16-25-27(24-5-3-4-6-26(24)29)30-34-28(25)20-9-11-21(32)12-10-20/h3-14,23,32H,2,15-18H2,1H3. The van der Waals surface area contributed by atoms with E-state index in [1.807, 2.05) is 48.5 Å². The largest absolute Gasteiger partial charge is 0.508 e. The van der Waals surface area contributed by atoms with Crippen LogP contribution in [0.3, 0.4) is 0 Å². The van der Waals surface area contributed by atoms with Crippen LogP contribution in [-0.2, 0) is 6.42 Å². The second kappa shape index (κ2) is 9.92. The molecule has 0 bridgehead atoms. The lowest BCUT2D eigenvalue weighted by atomic mass is 9.96. The Morgan fingerprint density at radius 1 is 1.03 bits per heavy atom. The molecule has 0 unspecified atom stereocenters. The number of nitrogens with zero attached hydrogens (tertiary/aromatic N) is 2. The molecule has 0 radical (unpaired) electrons. The number of rotatable bonds is 8. The number of aromatic nitrogens is 1. The van der Waals surface area contributed by atoms with Crippen molar-refractivity contribution in [2.45, 2.75) is 25.9 Å². The molecule has 1 N–H and O–H groups in total. The highest BCUT2D eigenvalue weighted by Crippen LogP contribution is 2.37. The van der Waals surface area contributed by atoms with Gasteiger partial charge in [0.05, 0.1) is 5.02 Å². The van der Waals surface area contributed by atoms with Gasteiger partial charge in [0.15, 0.2) is 5.76 Å². The van der Waals surface area contributed by atoms with Crippen molar-refractivity contribution < 1.29 is 14.4 Å². The third-order valence-corrected chi connectivity index (χ3v) is 6.45. The molecule has 174 valence electrons. The number of halogens is 1. The third kappa shape index (κ3) is 4.81. The molecule has 1 aromatic heterocycles. The molecule has 4 aromatic rings. The molecule has 0 aliphatic carbocycles. The maximum absolute atomic E-state index is 9.70. The summed E-state index contributed by atoms with van der Waals surface area (Å²) in [4.78, 5) is 2.41. The van der Waals surface area contributed by atoms with E-state index in [0.29, 0.717) is 17.2 Å². The normalized spacial score (nSPS) is 14.2. The fourth-order valence-electron chi connectivity index (χ4n) is 4.36. The average Bonchev–Trinajstić information content (AvgIpc) is 3.23. The van der Waals surface area contributed by atoms with E-state index in [2.05, 4.69) is 29.1 Å². The molecule has 0 atom stereocenters. The van der Waals surface area contributed by atoms with Crippen LogP contribution in [0.4, 0.5) is 0 Å². The van der Waals surface area contributed by atoms with Crippen molar-refractivity contribution in [2.24, 2.45) is 0 Å². The number of hydrogen-bond donors (Lipinski definition) is 1. The van der Waals surface area contributed by atoms with Gasteiger partial charge in [0.25, 0.3) is 0 Å². The van der Waals surface area contributed by atoms with Gasteiger partial charge in [-0.2, -0.15) is 0 Å². The predicted molar refractivity (Wildman–Crippen MR) is 134 cm³/mol. The van der Waals surface area contributed by atoms with E-state index in [1.54, 1.807) is 12.1 Å². The Kier molecular flexibility index (Phi) is 6.57. The van der Waals surface area contributed by atoms with Crippen molar-refractivity contribution >= 4 is 11.6 Å². The molecule has 1 fully saturated rings. The lowest BCUT2D eigenvalue weighted by Crippen LogP contribution is -2.53. The van der Waals surface area contributed by atoms with Crippen molar-refractivity contribution in [1.82, 2.24) is 10.1 Å². The third-order valence-electron chi connectivity index (χ3n) is 6.12. The molecule has 0 amide bonds. The van der Waals surface area contributed by atoms with Crippen molar-refractivity contribution in [1.29, 1.82) is 0 Å². The van der Waals surface area contributed by atoms with Crippen LogP contribution < -0.4 is 4.74 Å². The molecule has 0 spiro atoms. The molecule has 0 saturated carbocycles. The van der Waals surface area contributed by atoms with Gasteiger partial charge >= 0.3 is 0 Å². The van der Waals surface area contributed by atoms with Crippen molar-refractivity contribution in [3.63, 3.8) is 0 Å². The highest BCUT2D eigenvalue weighted by molar-refractivity contribution is 6.33. The van der Waals surface area contributed by atoms with Crippen LogP contribution >= 0.6 is 11.6 Å². The van der Waals surface area contributed by atoms with Gasteiger partial charge in [-0.05, 0) is 61.0 Å². The van der Waals surface area contributed by atoms with Gasteiger partial charge in [0.2, 0.25) is 0 Å². The molecule has 1 saturated heterocycles. The molecule has 5 nitrogen and oxygen atoms in total. The first-order valence-corrected chi connectivity index (χ1v) is 12.0. The van der Waals surface area contributed by atoms with Gasteiger partial charge in [0, 0.05) is 36.2 Å². The van der Waals surface area contributed by atoms with Crippen molar-refractivity contribution in [3.8, 4) is 34.1 Å². The van der Waals surface area contributed by atoms with Crippen LogP contribution in [0.2, 0.25) is 5.02 Å². The molecule has 1 aliphatic heterocycles. The predicted octanol–water partition coefficient (Wildman–Crippen LogP) is 6.43. The minimum Gasteiger partial charge on any atom is -0.508 e. The topological polar surface area (TPSA) is 58.7 Å². The van der Waals surface area contributed by atoms with Gasteiger partial charge in [-0.1, -0.05) is 54.0 Å². The highest BCUT2D eigenvalue weighted by Gasteiger charge is 2.27. The Labute approximate surface area is 204 Å². The van der Waals surface area contributed by atoms with Crippen LogP contribution in [-0.4, -0.2) is 40.9 Å². The summed E-state index contributed by atoms with van der Waals surface area (Å²) in [6.07, 6.45) is 2.06. The van der Waals surface area contributed by atoms with Crippen LogP contribution in [0.25, 0.3) is 22.6 Å². The minimum absolute atomic E-state index is 0.205. The molecule has 2 heterocycles. The second-order valence-electron chi connectivity index (χ2n) is 8.69. The number of phenolic OH excluding ortho intramolecular Hbond substituents is 1. The van der Waals surface area contributed by atoms with E-state index in [9.17, 15) is 5.11 Å². The van der Waals surface area contributed by atoms with E-state index >= 15 is 0 Å². The van der Waals surface area contributed by atoms with E-state index < -0.39 is 0 Å². The zero-order valence-corrected chi connectivity index (χ0v) is 19.8. The number of aromatic hydroxyl groups is 1. The summed E-state index contributed by atoms with van der Waals surface area (Å²) in [5.74, 6) is 1.76. The van der Waals surface area contributed by atoms with Crippen LogP contribution in [0.5, 0.6) is 11.5 Å². The number of hydrogen-bond acceptors (Lipinski definition) is 5. The van der Waals surface area contributed by atoms with Crippen LogP contribution in [0.1, 0.15) is 24.5 Å². The number of benzene rings is 3. The Morgan fingerprint density at radius 2 is 1.76 bits per heavy atom. The first kappa shape index (κ1) is 22.5. The monoisotopic (exact) mass is 474 g/mol. The maximum atomic E-state index is 9.70. The van der Waals surface area contributed by atoms with Gasteiger partial charge in [-0.25, -0.2) is 0 Å². The minimum atomic E-state index is 0.205. The first-order chi connectivity index (χ1) is 16.6. The summed E-state index contributed by atoms with van der Waals surface area (Å²) in [6, 6.07) is 22.8. The molecule has 5 rings (SSSR count). The summed E-state index contributed by atoms with van der Waals surface area (Å²) in [5.41, 5.74) is 4.46. The molecule has 6 heteroatoms. The van der Waals surface area contributed by atoms with E-state index in [0.717, 1.165) is 53.3 Å². The Bertz CT molecular complexity index is 1250. The summed E-state index contributed by atoms with van der Waals surface area (Å²) < 4.78 is 11.9. The second-order valence-corrected chi connectivity index (χ2v) is 9.09. The summed E-state index contributed by atoms with van der Waals surface area (Å²) in [5, 5.41) is 14.7. The summed E-state index contributed by atoms with van der Waals surface area (Å²) >= 11 is 6.49. The smallest absolute Gasteiger partial charge is 0.171 e.